The van der Waals surface area contributed by atoms with Crippen molar-refractivity contribution in [2.24, 2.45) is 0 Å². The second-order valence-electron chi connectivity index (χ2n) is 10.1. The molecule has 0 aliphatic carbocycles. The minimum atomic E-state index is -4.68. The van der Waals surface area contributed by atoms with Gasteiger partial charge >= 0.3 is 12.3 Å². The molecule has 3 aliphatic heterocycles. The highest BCUT2D eigenvalue weighted by Crippen LogP contribution is 2.36. The van der Waals surface area contributed by atoms with Crippen LogP contribution in [0.3, 0.4) is 0 Å². The van der Waals surface area contributed by atoms with Gasteiger partial charge in [-0.1, -0.05) is 0 Å². The zero-order chi connectivity index (χ0) is 29.2. The van der Waals surface area contributed by atoms with E-state index >= 15 is 0 Å². The summed E-state index contributed by atoms with van der Waals surface area (Å²) in [4.78, 5) is 22.4. The van der Waals surface area contributed by atoms with E-state index in [1.165, 1.54) is 9.21 Å². The van der Waals surface area contributed by atoms with Crippen molar-refractivity contribution < 1.29 is 41.0 Å². The summed E-state index contributed by atoms with van der Waals surface area (Å²) < 4.78 is 79.0. The molecule has 2 N–H and O–H groups in total. The highest BCUT2D eigenvalue weighted by Gasteiger charge is 2.38. The number of amides is 1. The summed E-state index contributed by atoms with van der Waals surface area (Å²) in [6.07, 6.45) is -4.20. The number of alkyl halides is 3. The number of rotatable bonds is 7. The van der Waals surface area contributed by atoms with Gasteiger partial charge in [-0.3, -0.25) is 0 Å². The number of piperazine rings is 1. The van der Waals surface area contributed by atoms with Gasteiger partial charge in [0.25, 0.3) is 0 Å². The standard InChI is InChI=1S/C25H31F3N6O6S/c26-25(27,28)21-15-29-23(31-22(21)40-19-7-14-39-16-19)30-17-5-8-34(9-6-17)41(37,38)20-3-1-18(2-4-20)32-10-12-33(13-11-32)24(35)36/h1-4,15,17,19H,5-14,16H2,(H,35,36)(H,29,30,31). The third-order valence-electron chi connectivity index (χ3n) is 7.40. The summed E-state index contributed by atoms with van der Waals surface area (Å²) in [7, 11) is -3.75. The number of ether oxygens (including phenoxy) is 2. The Morgan fingerprint density at radius 2 is 1.73 bits per heavy atom. The number of sulfonamides is 1. The maximum absolute atomic E-state index is 13.5. The van der Waals surface area contributed by atoms with Crippen LogP contribution < -0.4 is 15.0 Å². The monoisotopic (exact) mass is 600 g/mol. The van der Waals surface area contributed by atoms with Crippen LogP contribution in [0.25, 0.3) is 0 Å². The molecule has 1 aromatic heterocycles. The lowest BCUT2D eigenvalue weighted by atomic mass is 10.1. The van der Waals surface area contributed by atoms with Gasteiger partial charge in [0, 0.05) is 63.6 Å². The van der Waals surface area contributed by atoms with E-state index in [0.29, 0.717) is 58.2 Å². The van der Waals surface area contributed by atoms with E-state index < -0.39 is 39.8 Å². The van der Waals surface area contributed by atoms with Crippen molar-refractivity contribution in [2.75, 3.05) is 62.7 Å². The van der Waals surface area contributed by atoms with E-state index in [0.717, 1.165) is 5.69 Å². The van der Waals surface area contributed by atoms with Gasteiger partial charge in [-0.15, -0.1) is 0 Å². The molecule has 0 bridgehead atoms. The predicted molar refractivity (Wildman–Crippen MR) is 141 cm³/mol. The van der Waals surface area contributed by atoms with Gasteiger partial charge in [0.15, 0.2) is 0 Å². The summed E-state index contributed by atoms with van der Waals surface area (Å²) in [6.45, 7) is 2.79. The molecule has 1 unspecified atom stereocenters. The Kier molecular flexibility index (Phi) is 8.42. The van der Waals surface area contributed by atoms with Crippen LogP contribution in [0.2, 0.25) is 0 Å². The van der Waals surface area contributed by atoms with E-state index in [1.54, 1.807) is 24.3 Å². The molecule has 3 saturated heterocycles. The van der Waals surface area contributed by atoms with Gasteiger partial charge < -0.3 is 29.7 Å². The molecular formula is C25H31F3N6O6S. The molecule has 224 valence electrons. The fraction of sp³-hybridized carbons (Fsp3) is 0.560. The van der Waals surface area contributed by atoms with E-state index in [4.69, 9.17) is 14.6 Å². The third-order valence-corrected chi connectivity index (χ3v) is 9.32. The van der Waals surface area contributed by atoms with E-state index in [2.05, 4.69) is 15.3 Å². The number of hydrogen-bond acceptors (Lipinski definition) is 9. The summed E-state index contributed by atoms with van der Waals surface area (Å²) in [6, 6.07) is 6.29. The van der Waals surface area contributed by atoms with Crippen molar-refractivity contribution in [1.82, 2.24) is 19.2 Å². The van der Waals surface area contributed by atoms with Gasteiger partial charge in [-0.25, -0.2) is 18.2 Å². The number of carbonyl (C=O) groups is 1. The van der Waals surface area contributed by atoms with Crippen LogP contribution in [0.4, 0.5) is 29.6 Å². The summed E-state index contributed by atoms with van der Waals surface area (Å²) >= 11 is 0. The number of nitrogens with zero attached hydrogens (tertiary/aromatic N) is 5. The van der Waals surface area contributed by atoms with Gasteiger partial charge in [-0.2, -0.15) is 22.5 Å². The number of hydrogen-bond donors (Lipinski definition) is 2. The van der Waals surface area contributed by atoms with Crippen molar-refractivity contribution in [3.05, 3.63) is 36.0 Å². The number of halogens is 3. The van der Waals surface area contributed by atoms with Crippen LogP contribution in [0, 0.1) is 0 Å². The zero-order valence-electron chi connectivity index (χ0n) is 22.1. The van der Waals surface area contributed by atoms with Crippen molar-refractivity contribution >= 4 is 27.8 Å². The normalized spacial score (nSPS) is 21.2. The van der Waals surface area contributed by atoms with Crippen LogP contribution >= 0.6 is 0 Å². The van der Waals surface area contributed by atoms with Gasteiger partial charge in [0.1, 0.15) is 11.7 Å². The molecule has 5 rings (SSSR count). The maximum atomic E-state index is 13.5. The topological polar surface area (TPSA) is 137 Å². The molecule has 1 atom stereocenters. The van der Waals surface area contributed by atoms with Crippen LogP contribution in [0.1, 0.15) is 24.8 Å². The minimum absolute atomic E-state index is 0.0204. The quantitative estimate of drug-likeness (QED) is 0.488. The first kappa shape index (κ1) is 29.1. The number of aromatic nitrogens is 2. The van der Waals surface area contributed by atoms with Crippen molar-refractivity contribution in [3.8, 4) is 5.88 Å². The molecule has 3 fully saturated rings. The number of piperidine rings is 1. The first-order valence-corrected chi connectivity index (χ1v) is 14.7. The number of carboxylic acid groups (broad SMARTS) is 1. The van der Waals surface area contributed by atoms with Crippen LogP contribution in [0.15, 0.2) is 35.4 Å². The molecule has 12 nitrogen and oxygen atoms in total. The lowest BCUT2D eigenvalue weighted by molar-refractivity contribution is -0.139. The molecule has 41 heavy (non-hydrogen) atoms. The van der Waals surface area contributed by atoms with E-state index in [1.807, 2.05) is 4.90 Å². The summed E-state index contributed by atoms with van der Waals surface area (Å²) in [5, 5.41) is 12.1. The fourth-order valence-corrected chi connectivity index (χ4v) is 6.51. The Morgan fingerprint density at radius 3 is 2.32 bits per heavy atom. The maximum Gasteiger partial charge on any atom is 0.423 e. The number of nitrogens with one attached hydrogen (secondary N) is 1. The second-order valence-corrected chi connectivity index (χ2v) is 12.0. The van der Waals surface area contributed by atoms with Crippen molar-refractivity contribution in [1.29, 1.82) is 0 Å². The average Bonchev–Trinajstić information content (AvgIpc) is 3.46. The SMILES string of the molecule is O=C(O)N1CCN(c2ccc(S(=O)(=O)N3CCC(Nc4ncc(C(F)(F)F)c(OC5CCOC5)n4)CC3)cc2)CC1. The smallest absolute Gasteiger partial charge is 0.423 e. The summed E-state index contributed by atoms with van der Waals surface area (Å²) in [5.74, 6) is -0.578. The Bertz CT molecular complexity index is 1320. The molecule has 16 heteroatoms. The molecule has 0 radical (unpaired) electrons. The molecule has 1 amide bonds. The number of benzene rings is 1. The van der Waals surface area contributed by atoms with Gasteiger partial charge in [0.2, 0.25) is 21.9 Å². The van der Waals surface area contributed by atoms with Crippen LogP contribution in [0.5, 0.6) is 5.88 Å². The van der Waals surface area contributed by atoms with Gasteiger partial charge in [0.05, 0.1) is 18.1 Å². The lowest BCUT2D eigenvalue weighted by Crippen LogP contribution is -2.48. The molecular weight excluding hydrogens is 569 g/mol. The van der Waals surface area contributed by atoms with E-state index in [9.17, 15) is 26.4 Å². The molecule has 3 aliphatic rings. The van der Waals surface area contributed by atoms with Crippen molar-refractivity contribution in [2.45, 2.75) is 42.5 Å². The molecule has 1 aromatic carbocycles. The van der Waals surface area contributed by atoms with E-state index in [-0.39, 0.29) is 36.6 Å². The largest absolute Gasteiger partial charge is 0.471 e. The van der Waals surface area contributed by atoms with Crippen LogP contribution in [-0.4, -0.2) is 103 Å². The predicted octanol–water partition coefficient (Wildman–Crippen LogP) is 2.73. The fourth-order valence-electron chi connectivity index (χ4n) is 5.04. The molecule has 2 aromatic rings. The third kappa shape index (κ3) is 6.76. The van der Waals surface area contributed by atoms with Crippen molar-refractivity contribution in [3.63, 3.8) is 0 Å². The Morgan fingerprint density at radius 1 is 1.05 bits per heavy atom. The minimum Gasteiger partial charge on any atom is -0.471 e. The highest BCUT2D eigenvalue weighted by atomic mass is 32.2. The number of anilines is 2. The highest BCUT2D eigenvalue weighted by molar-refractivity contribution is 7.89. The average molecular weight is 601 g/mol. The Balaban J connectivity index is 1.18. The first-order chi connectivity index (χ1) is 19.5. The second kappa shape index (κ2) is 11.9. The van der Waals surface area contributed by atoms with Crippen LogP contribution in [-0.2, 0) is 20.9 Å². The molecule has 4 heterocycles. The molecule has 0 saturated carbocycles. The Labute approximate surface area is 235 Å². The first-order valence-electron chi connectivity index (χ1n) is 13.3. The summed E-state index contributed by atoms with van der Waals surface area (Å²) in [5.41, 5.74) is -0.248. The zero-order valence-corrected chi connectivity index (χ0v) is 22.9. The van der Waals surface area contributed by atoms with Gasteiger partial charge in [-0.05, 0) is 37.1 Å². The molecule has 0 spiro atoms. The lowest BCUT2D eigenvalue weighted by Gasteiger charge is -2.35. The Hall–Kier alpha value is -3.37.